The predicted molar refractivity (Wildman–Crippen MR) is 80.6 cm³/mol. The molecule has 3 heteroatoms. The van der Waals surface area contributed by atoms with Gasteiger partial charge in [0.1, 0.15) is 0 Å². The monoisotopic (exact) mass is 262 g/mol. The van der Waals surface area contributed by atoms with Crippen molar-refractivity contribution < 1.29 is 5.11 Å². The highest BCUT2D eigenvalue weighted by atomic mass is 16.3. The fourth-order valence-corrected chi connectivity index (χ4v) is 2.96. The van der Waals surface area contributed by atoms with Gasteiger partial charge >= 0.3 is 0 Å². The summed E-state index contributed by atoms with van der Waals surface area (Å²) in [6, 6.07) is 8.91. The van der Waals surface area contributed by atoms with Gasteiger partial charge in [-0.2, -0.15) is 0 Å². The molecule has 0 aromatic heterocycles. The highest BCUT2D eigenvalue weighted by Crippen LogP contribution is 2.39. The van der Waals surface area contributed by atoms with Crippen molar-refractivity contribution in [3.63, 3.8) is 0 Å². The van der Waals surface area contributed by atoms with Crippen LogP contribution in [0.2, 0.25) is 0 Å². The Labute approximate surface area is 116 Å². The van der Waals surface area contributed by atoms with Crippen molar-refractivity contribution in [2.45, 2.75) is 37.3 Å². The molecule has 0 unspecified atom stereocenters. The van der Waals surface area contributed by atoms with E-state index in [4.69, 9.17) is 0 Å². The van der Waals surface area contributed by atoms with Crippen molar-refractivity contribution in [2.75, 3.05) is 33.1 Å². The third-order valence-corrected chi connectivity index (χ3v) is 4.41. The van der Waals surface area contributed by atoms with Crippen LogP contribution >= 0.6 is 0 Å². The number of nitrogens with zero attached hydrogens (tertiary/aromatic N) is 2. The van der Waals surface area contributed by atoms with Crippen LogP contribution in [0.25, 0.3) is 0 Å². The van der Waals surface area contributed by atoms with Crippen molar-refractivity contribution in [3.8, 4) is 0 Å². The average molecular weight is 262 g/mol. The van der Waals surface area contributed by atoms with Crippen molar-refractivity contribution in [1.82, 2.24) is 4.90 Å². The Hall–Kier alpha value is -1.06. The van der Waals surface area contributed by atoms with Gasteiger partial charge in [-0.15, -0.1) is 0 Å². The van der Waals surface area contributed by atoms with Gasteiger partial charge in [-0.3, -0.25) is 0 Å². The molecule has 106 valence electrons. The Kier molecular flexibility index (Phi) is 4.16. The van der Waals surface area contributed by atoms with Gasteiger partial charge in [0.25, 0.3) is 0 Å². The molecule has 0 heterocycles. The summed E-state index contributed by atoms with van der Waals surface area (Å²) >= 11 is 0. The summed E-state index contributed by atoms with van der Waals surface area (Å²) in [6.45, 7) is 0. The van der Waals surface area contributed by atoms with Gasteiger partial charge in [-0.05, 0) is 57.5 Å². The second kappa shape index (κ2) is 5.51. The van der Waals surface area contributed by atoms with E-state index in [0.29, 0.717) is 6.04 Å². The molecule has 19 heavy (non-hydrogen) atoms. The Bertz CT molecular complexity index is 421. The van der Waals surface area contributed by atoms with Gasteiger partial charge in [0.05, 0.1) is 5.60 Å². The van der Waals surface area contributed by atoms with Crippen molar-refractivity contribution >= 4 is 5.69 Å². The number of aliphatic hydroxyl groups is 1. The van der Waals surface area contributed by atoms with Crippen LogP contribution in [-0.2, 0) is 5.60 Å². The standard InChI is InChI=1S/C16H26N2O/c1-17(2)14-8-10-16(19,11-9-14)13-6-5-7-15(12-13)18(3)4/h5-7,12,14,19H,8-11H2,1-4H3. The maximum atomic E-state index is 10.9. The minimum absolute atomic E-state index is 0.609. The first-order valence-electron chi connectivity index (χ1n) is 7.09. The second-order valence-corrected chi connectivity index (χ2v) is 6.17. The van der Waals surface area contributed by atoms with E-state index in [0.717, 1.165) is 36.9 Å². The Morgan fingerprint density at radius 1 is 1.11 bits per heavy atom. The van der Waals surface area contributed by atoms with Crippen LogP contribution in [0.5, 0.6) is 0 Å². The maximum absolute atomic E-state index is 10.9. The largest absolute Gasteiger partial charge is 0.385 e. The molecule has 1 saturated carbocycles. The van der Waals surface area contributed by atoms with Crippen LogP contribution in [-0.4, -0.2) is 44.2 Å². The van der Waals surface area contributed by atoms with Crippen LogP contribution in [0.3, 0.4) is 0 Å². The predicted octanol–water partition coefficient (Wildman–Crippen LogP) is 2.44. The van der Waals surface area contributed by atoms with E-state index in [-0.39, 0.29) is 0 Å². The number of hydrogen-bond acceptors (Lipinski definition) is 3. The van der Waals surface area contributed by atoms with E-state index in [1.54, 1.807) is 0 Å². The van der Waals surface area contributed by atoms with Crippen molar-refractivity contribution in [1.29, 1.82) is 0 Å². The number of anilines is 1. The molecule has 0 radical (unpaired) electrons. The van der Waals surface area contributed by atoms with Gasteiger partial charge in [0.2, 0.25) is 0 Å². The normalized spacial score (nSPS) is 27.6. The lowest BCUT2D eigenvalue weighted by Crippen LogP contribution is -2.39. The molecule has 1 aliphatic rings. The molecule has 1 aromatic rings. The molecule has 0 saturated heterocycles. The summed E-state index contributed by atoms with van der Waals surface area (Å²) in [4.78, 5) is 4.36. The molecule has 0 spiro atoms. The maximum Gasteiger partial charge on any atom is 0.0898 e. The van der Waals surface area contributed by atoms with Crippen LogP contribution in [0.15, 0.2) is 24.3 Å². The average Bonchev–Trinajstić information content (AvgIpc) is 2.39. The molecule has 1 N–H and O–H groups in total. The number of benzene rings is 1. The Balaban J connectivity index is 2.15. The fourth-order valence-electron chi connectivity index (χ4n) is 2.96. The zero-order chi connectivity index (χ0) is 14.0. The topological polar surface area (TPSA) is 26.7 Å². The summed E-state index contributed by atoms with van der Waals surface area (Å²) in [5.74, 6) is 0. The van der Waals surface area contributed by atoms with Gasteiger partial charge in [0.15, 0.2) is 0 Å². The van der Waals surface area contributed by atoms with E-state index < -0.39 is 5.60 Å². The van der Waals surface area contributed by atoms with E-state index in [1.807, 2.05) is 20.2 Å². The third kappa shape index (κ3) is 3.10. The smallest absolute Gasteiger partial charge is 0.0898 e. The van der Waals surface area contributed by atoms with E-state index >= 15 is 0 Å². The SMILES string of the molecule is CN(C)c1cccc(C2(O)CCC(N(C)C)CC2)c1. The first kappa shape index (κ1) is 14.4. The van der Waals surface area contributed by atoms with Gasteiger partial charge < -0.3 is 14.9 Å². The lowest BCUT2D eigenvalue weighted by atomic mass is 9.77. The summed E-state index contributed by atoms with van der Waals surface area (Å²) in [6.07, 6.45) is 3.84. The lowest BCUT2D eigenvalue weighted by Gasteiger charge is -2.39. The number of hydrogen-bond donors (Lipinski definition) is 1. The molecular weight excluding hydrogens is 236 g/mol. The van der Waals surface area contributed by atoms with Crippen molar-refractivity contribution in [2.24, 2.45) is 0 Å². The van der Waals surface area contributed by atoms with E-state index in [2.05, 4.69) is 42.1 Å². The molecule has 1 aromatic carbocycles. The molecule has 0 aliphatic heterocycles. The molecule has 0 atom stereocenters. The summed E-state index contributed by atoms with van der Waals surface area (Å²) in [7, 11) is 8.32. The van der Waals surface area contributed by atoms with E-state index in [9.17, 15) is 5.11 Å². The zero-order valence-electron chi connectivity index (χ0n) is 12.6. The highest BCUT2D eigenvalue weighted by molar-refractivity contribution is 5.48. The molecule has 0 amide bonds. The zero-order valence-corrected chi connectivity index (χ0v) is 12.6. The van der Waals surface area contributed by atoms with Crippen molar-refractivity contribution in [3.05, 3.63) is 29.8 Å². The first-order chi connectivity index (χ1) is 8.92. The summed E-state index contributed by atoms with van der Waals surface area (Å²) in [5, 5.41) is 10.9. The van der Waals surface area contributed by atoms with Crippen LogP contribution in [0.4, 0.5) is 5.69 Å². The molecule has 1 aliphatic carbocycles. The molecular formula is C16H26N2O. The number of rotatable bonds is 3. The Morgan fingerprint density at radius 3 is 2.26 bits per heavy atom. The molecule has 1 fully saturated rings. The minimum Gasteiger partial charge on any atom is -0.385 e. The fraction of sp³-hybridized carbons (Fsp3) is 0.625. The molecule has 0 bridgehead atoms. The van der Waals surface area contributed by atoms with Crippen LogP contribution in [0, 0.1) is 0 Å². The summed E-state index contributed by atoms with van der Waals surface area (Å²) < 4.78 is 0. The summed E-state index contributed by atoms with van der Waals surface area (Å²) in [5.41, 5.74) is 1.58. The lowest BCUT2D eigenvalue weighted by molar-refractivity contribution is -0.0190. The third-order valence-electron chi connectivity index (χ3n) is 4.41. The minimum atomic E-state index is -0.640. The molecule has 2 rings (SSSR count). The van der Waals surface area contributed by atoms with Crippen LogP contribution in [0.1, 0.15) is 31.2 Å². The van der Waals surface area contributed by atoms with Gasteiger partial charge in [0, 0.05) is 25.8 Å². The van der Waals surface area contributed by atoms with E-state index in [1.165, 1.54) is 0 Å². The van der Waals surface area contributed by atoms with Gasteiger partial charge in [-0.25, -0.2) is 0 Å². The van der Waals surface area contributed by atoms with Gasteiger partial charge in [-0.1, -0.05) is 12.1 Å². The van der Waals surface area contributed by atoms with Crippen LogP contribution < -0.4 is 4.90 Å². The quantitative estimate of drug-likeness (QED) is 0.906. The Morgan fingerprint density at radius 2 is 1.74 bits per heavy atom. The first-order valence-corrected chi connectivity index (χ1v) is 7.09. The molecule has 3 nitrogen and oxygen atoms in total. The highest BCUT2D eigenvalue weighted by Gasteiger charge is 2.35. The second-order valence-electron chi connectivity index (χ2n) is 6.17.